The number of nitrogens with zero attached hydrogens (tertiary/aromatic N) is 1. The van der Waals surface area contributed by atoms with Crippen molar-refractivity contribution in [1.82, 2.24) is 4.90 Å². The SMILES string of the molecule is CCN(CC(=O)Nc1cc(C(N)=O)cc(C(N)=O)c1)CC(=O)Nc1ccc2c(c1)OCCO2. The highest BCUT2D eigenvalue weighted by atomic mass is 16.6. The number of nitrogens with one attached hydrogen (secondary N) is 2. The summed E-state index contributed by atoms with van der Waals surface area (Å²) in [4.78, 5) is 49.5. The molecule has 0 unspecified atom stereocenters. The van der Waals surface area contributed by atoms with Gasteiger partial charge in [0.25, 0.3) is 0 Å². The Bertz CT molecular complexity index is 1050. The van der Waals surface area contributed by atoms with Crippen molar-refractivity contribution in [3.05, 3.63) is 47.5 Å². The van der Waals surface area contributed by atoms with Gasteiger partial charge >= 0.3 is 0 Å². The summed E-state index contributed by atoms with van der Waals surface area (Å²) >= 11 is 0. The van der Waals surface area contributed by atoms with E-state index < -0.39 is 17.7 Å². The third-order valence-corrected chi connectivity index (χ3v) is 4.79. The van der Waals surface area contributed by atoms with E-state index in [0.29, 0.717) is 36.9 Å². The zero-order chi connectivity index (χ0) is 24.0. The smallest absolute Gasteiger partial charge is 0.248 e. The number of hydrogen-bond donors (Lipinski definition) is 4. The van der Waals surface area contributed by atoms with Gasteiger partial charge in [0, 0.05) is 28.6 Å². The highest BCUT2D eigenvalue weighted by molar-refractivity contribution is 6.02. The predicted molar refractivity (Wildman–Crippen MR) is 120 cm³/mol. The molecule has 0 saturated carbocycles. The van der Waals surface area contributed by atoms with Gasteiger partial charge in [0.2, 0.25) is 23.6 Å². The number of benzene rings is 2. The number of nitrogens with two attached hydrogens (primary N) is 2. The monoisotopic (exact) mass is 455 g/mol. The molecule has 33 heavy (non-hydrogen) atoms. The topological polar surface area (TPSA) is 166 Å². The molecule has 0 atom stereocenters. The number of hydrogen-bond acceptors (Lipinski definition) is 7. The van der Waals surface area contributed by atoms with Gasteiger partial charge in [0.1, 0.15) is 13.2 Å². The van der Waals surface area contributed by atoms with E-state index in [1.165, 1.54) is 18.2 Å². The molecule has 1 aliphatic rings. The molecule has 0 fully saturated rings. The maximum Gasteiger partial charge on any atom is 0.248 e. The van der Waals surface area contributed by atoms with Gasteiger partial charge in [-0.25, -0.2) is 0 Å². The number of primary amides is 2. The Morgan fingerprint density at radius 3 is 1.91 bits per heavy atom. The first-order valence-corrected chi connectivity index (χ1v) is 10.2. The van der Waals surface area contributed by atoms with Gasteiger partial charge in [-0.05, 0) is 36.9 Å². The summed E-state index contributed by atoms with van der Waals surface area (Å²) in [6.45, 7) is 3.01. The Hall–Kier alpha value is -4.12. The van der Waals surface area contributed by atoms with E-state index >= 15 is 0 Å². The number of ether oxygens (including phenoxy) is 2. The van der Waals surface area contributed by atoms with Crippen LogP contribution in [0.4, 0.5) is 11.4 Å². The van der Waals surface area contributed by atoms with E-state index in [2.05, 4.69) is 10.6 Å². The second kappa shape index (κ2) is 10.5. The average molecular weight is 455 g/mol. The van der Waals surface area contributed by atoms with Crippen LogP contribution < -0.4 is 31.6 Å². The van der Waals surface area contributed by atoms with E-state index in [1.807, 2.05) is 6.92 Å². The molecular weight excluding hydrogens is 430 g/mol. The molecule has 0 spiro atoms. The maximum atomic E-state index is 12.5. The number of anilines is 2. The standard InChI is InChI=1S/C22H25N5O6/c1-2-27(11-19(28)25-15-3-4-17-18(10-15)33-6-5-32-17)12-20(29)26-16-8-13(21(23)30)7-14(9-16)22(24)31/h3-4,7-10H,2,5-6,11-12H2,1H3,(H2,23,30)(H2,24,31)(H,25,28)(H,26,29). The molecule has 2 aromatic carbocycles. The lowest BCUT2D eigenvalue weighted by Crippen LogP contribution is -2.38. The van der Waals surface area contributed by atoms with Crippen molar-refractivity contribution in [3.8, 4) is 11.5 Å². The molecule has 1 heterocycles. The molecule has 174 valence electrons. The normalized spacial score (nSPS) is 12.2. The number of rotatable bonds is 9. The van der Waals surface area contributed by atoms with Gasteiger partial charge in [-0.15, -0.1) is 0 Å². The number of carbonyl (C=O) groups excluding carboxylic acids is 4. The molecule has 0 aromatic heterocycles. The fraction of sp³-hybridized carbons (Fsp3) is 0.273. The van der Waals surface area contributed by atoms with Crippen molar-refractivity contribution in [1.29, 1.82) is 0 Å². The van der Waals surface area contributed by atoms with Crippen LogP contribution in [0, 0.1) is 0 Å². The van der Waals surface area contributed by atoms with E-state index in [-0.39, 0.29) is 35.8 Å². The summed E-state index contributed by atoms with van der Waals surface area (Å²) < 4.78 is 11.0. The predicted octanol–water partition coefficient (Wildman–Crippen LogP) is 0.555. The minimum absolute atomic E-state index is 0.0350. The van der Waals surface area contributed by atoms with E-state index in [1.54, 1.807) is 23.1 Å². The van der Waals surface area contributed by atoms with Crippen molar-refractivity contribution in [2.75, 3.05) is 43.5 Å². The molecule has 6 N–H and O–H groups in total. The van der Waals surface area contributed by atoms with E-state index in [0.717, 1.165) is 0 Å². The number of fused-ring (bicyclic) bond motifs is 1. The highest BCUT2D eigenvalue weighted by Crippen LogP contribution is 2.32. The summed E-state index contributed by atoms with van der Waals surface area (Å²) in [5, 5.41) is 5.37. The molecular formula is C22H25N5O6. The van der Waals surface area contributed by atoms with Crippen LogP contribution in [0.5, 0.6) is 11.5 Å². The van der Waals surface area contributed by atoms with Crippen LogP contribution in [0.3, 0.4) is 0 Å². The fourth-order valence-electron chi connectivity index (χ4n) is 3.19. The molecule has 2 aromatic rings. The van der Waals surface area contributed by atoms with Gasteiger partial charge in [-0.2, -0.15) is 0 Å². The van der Waals surface area contributed by atoms with Crippen molar-refractivity contribution in [3.63, 3.8) is 0 Å². The van der Waals surface area contributed by atoms with Crippen molar-refractivity contribution in [2.45, 2.75) is 6.92 Å². The van der Waals surface area contributed by atoms with Gasteiger partial charge in [-0.1, -0.05) is 6.92 Å². The Balaban J connectivity index is 1.59. The van der Waals surface area contributed by atoms with Crippen LogP contribution in [0.1, 0.15) is 27.6 Å². The average Bonchev–Trinajstić information content (AvgIpc) is 2.78. The van der Waals surface area contributed by atoms with E-state index in [9.17, 15) is 19.2 Å². The fourth-order valence-corrected chi connectivity index (χ4v) is 3.19. The Labute approximate surface area is 190 Å². The lowest BCUT2D eigenvalue weighted by atomic mass is 10.1. The maximum absolute atomic E-state index is 12.5. The van der Waals surface area contributed by atoms with Crippen LogP contribution in [0.15, 0.2) is 36.4 Å². The molecule has 11 heteroatoms. The Kier molecular flexibility index (Phi) is 7.46. The third-order valence-electron chi connectivity index (χ3n) is 4.79. The van der Waals surface area contributed by atoms with Gasteiger partial charge in [0.05, 0.1) is 13.1 Å². The zero-order valence-electron chi connectivity index (χ0n) is 18.1. The van der Waals surface area contributed by atoms with Crippen molar-refractivity contribution in [2.24, 2.45) is 11.5 Å². The molecule has 11 nitrogen and oxygen atoms in total. The zero-order valence-corrected chi connectivity index (χ0v) is 18.1. The molecule has 3 rings (SSSR count). The summed E-state index contributed by atoms with van der Waals surface area (Å²) in [6, 6.07) is 9.04. The van der Waals surface area contributed by atoms with Crippen LogP contribution >= 0.6 is 0 Å². The molecule has 0 aliphatic carbocycles. The van der Waals surface area contributed by atoms with Crippen molar-refractivity contribution >= 4 is 35.0 Å². The quantitative estimate of drug-likeness (QED) is 0.428. The molecule has 0 bridgehead atoms. The lowest BCUT2D eigenvalue weighted by Gasteiger charge is -2.21. The minimum Gasteiger partial charge on any atom is -0.486 e. The first-order valence-electron chi connectivity index (χ1n) is 10.2. The van der Waals surface area contributed by atoms with Gasteiger partial charge < -0.3 is 31.6 Å². The summed E-state index contributed by atoms with van der Waals surface area (Å²) in [5.74, 6) is -1.11. The Morgan fingerprint density at radius 2 is 1.36 bits per heavy atom. The largest absolute Gasteiger partial charge is 0.486 e. The Morgan fingerprint density at radius 1 is 0.818 bits per heavy atom. The van der Waals surface area contributed by atoms with E-state index in [4.69, 9.17) is 20.9 Å². The molecule has 0 saturated heterocycles. The van der Waals surface area contributed by atoms with Crippen LogP contribution in [0.25, 0.3) is 0 Å². The molecule has 1 aliphatic heterocycles. The summed E-state index contributed by atoms with van der Waals surface area (Å²) in [5.41, 5.74) is 11.4. The molecule has 0 radical (unpaired) electrons. The summed E-state index contributed by atoms with van der Waals surface area (Å²) in [6.07, 6.45) is 0. The van der Waals surface area contributed by atoms with Gasteiger partial charge in [-0.3, -0.25) is 24.1 Å². The van der Waals surface area contributed by atoms with Crippen LogP contribution in [-0.4, -0.2) is 61.4 Å². The van der Waals surface area contributed by atoms with Gasteiger partial charge in [0.15, 0.2) is 11.5 Å². The third kappa shape index (κ3) is 6.43. The first-order chi connectivity index (χ1) is 15.7. The highest BCUT2D eigenvalue weighted by Gasteiger charge is 2.17. The van der Waals surface area contributed by atoms with Crippen LogP contribution in [0.2, 0.25) is 0 Å². The number of likely N-dealkylation sites (N-methyl/N-ethyl adjacent to an activating group) is 1. The second-order valence-corrected chi connectivity index (χ2v) is 7.29. The van der Waals surface area contributed by atoms with Crippen LogP contribution in [-0.2, 0) is 9.59 Å². The van der Waals surface area contributed by atoms with Crippen molar-refractivity contribution < 1.29 is 28.7 Å². The lowest BCUT2D eigenvalue weighted by molar-refractivity contribution is -0.119. The number of amides is 4. The minimum atomic E-state index is -0.764. The molecule has 4 amide bonds. The second-order valence-electron chi connectivity index (χ2n) is 7.29. The summed E-state index contributed by atoms with van der Waals surface area (Å²) in [7, 11) is 0. The first kappa shape index (κ1) is 23.5. The number of carbonyl (C=O) groups is 4.